The van der Waals surface area contributed by atoms with E-state index in [1.54, 1.807) is 0 Å². The van der Waals surface area contributed by atoms with Crippen molar-refractivity contribution in [2.45, 2.75) is 44.9 Å². The maximum Gasteiger partial charge on any atom is 0.304 e. The van der Waals surface area contributed by atoms with Crippen molar-refractivity contribution >= 4 is 11.9 Å². The van der Waals surface area contributed by atoms with E-state index in [-0.39, 0.29) is 12.3 Å². The van der Waals surface area contributed by atoms with Gasteiger partial charge in [-0.2, -0.15) is 0 Å². The smallest absolute Gasteiger partial charge is 0.304 e. The highest BCUT2D eigenvalue weighted by Gasteiger charge is 2.22. The number of carboxylic acid groups (broad SMARTS) is 1. The van der Waals surface area contributed by atoms with Crippen LogP contribution in [0.25, 0.3) is 0 Å². The molecule has 114 valence electrons. The molecular formula is C15H26N2O3. The second kappa shape index (κ2) is 7.62. The van der Waals surface area contributed by atoms with Crippen molar-refractivity contribution in [1.29, 1.82) is 0 Å². The van der Waals surface area contributed by atoms with Gasteiger partial charge in [0.2, 0.25) is 5.91 Å². The molecule has 0 bridgehead atoms. The van der Waals surface area contributed by atoms with Gasteiger partial charge in [-0.05, 0) is 12.3 Å². The van der Waals surface area contributed by atoms with E-state index < -0.39 is 5.97 Å². The summed E-state index contributed by atoms with van der Waals surface area (Å²) in [7, 11) is 0. The third-order valence-electron chi connectivity index (χ3n) is 4.61. The molecule has 0 radical (unpaired) electrons. The summed E-state index contributed by atoms with van der Waals surface area (Å²) >= 11 is 0. The van der Waals surface area contributed by atoms with Gasteiger partial charge in [-0.25, -0.2) is 0 Å². The molecule has 5 heteroatoms. The first-order valence-corrected chi connectivity index (χ1v) is 7.87. The topological polar surface area (TPSA) is 60.9 Å². The van der Waals surface area contributed by atoms with Crippen molar-refractivity contribution in [3.8, 4) is 0 Å². The summed E-state index contributed by atoms with van der Waals surface area (Å²) in [6.07, 6.45) is 7.21. The highest BCUT2D eigenvalue weighted by atomic mass is 16.4. The number of carbonyl (C=O) groups excluding carboxylic acids is 1. The molecule has 1 saturated heterocycles. The fourth-order valence-corrected chi connectivity index (χ4v) is 3.26. The zero-order chi connectivity index (χ0) is 14.4. The Morgan fingerprint density at radius 2 is 1.65 bits per heavy atom. The SMILES string of the molecule is O=C(O)CCN1CCN(C(=O)CCC2CCCC2)CC1. The molecule has 0 atom stereocenters. The van der Waals surface area contributed by atoms with Gasteiger partial charge in [0.25, 0.3) is 0 Å². The minimum absolute atomic E-state index is 0.190. The van der Waals surface area contributed by atoms with Gasteiger partial charge in [0.1, 0.15) is 0 Å². The molecule has 1 N–H and O–H groups in total. The zero-order valence-corrected chi connectivity index (χ0v) is 12.2. The van der Waals surface area contributed by atoms with E-state index in [4.69, 9.17) is 5.11 Å². The van der Waals surface area contributed by atoms with Gasteiger partial charge < -0.3 is 10.0 Å². The van der Waals surface area contributed by atoms with Crippen molar-refractivity contribution in [2.24, 2.45) is 5.92 Å². The third-order valence-corrected chi connectivity index (χ3v) is 4.61. The van der Waals surface area contributed by atoms with E-state index in [1.807, 2.05) is 4.90 Å². The van der Waals surface area contributed by atoms with Crippen molar-refractivity contribution in [2.75, 3.05) is 32.7 Å². The Hall–Kier alpha value is -1.10. The van der Waals surface area contributed by atoms with Crippen molar-refractivity contribution in [1.82, 2.24) is 9.80 Å². The Morgan fingerprint density at radius 3 is 2.25 bits per heavy atom. The summed E-state index contributed by atoms with van der Waals surface area (Å²) in [5.41, 5.74) is 0. The minimum Gasteiger partial charge on any atom is -0.481 e. The number of carboxylic acids is 1. The van der Waals surface area contributed by atoms with Gasteiger partial charge in [-0.3, -0.25) is 14.5 Å². The van der Waals surface area contributed by atoms with Gasteiger partial charge in [-0.15, -0.1) is 0 Å². The van der Waals surface area contributed by atoms with E-state index in [1.165, 1.54) is 25.7 Å². The van der Waals surface area contributed by atoms with Crippen LogP contribution >= 0.6 is 0 Å². The number of carbonyl (C=O) groups is 2. The predicted molar refractivity (Wildman–Crippen MR) is 76.5 cm³/mol. The number of rotatable bonds is 6. The molecule has 1 saturated carbocycles. The molecular weight excluding hydrogens is 256 g/mol. The van der Waals surface area contributed by atoms with E-state index in [2.05, 4.69) is 4.90 Å². The Kier molecular flexibility index (Phi) is 5.83. The van der Waals surface area contributed by atoms with E-state index in [0.717, 1.165) is 38.5 Å². The van der Waals surface area contributed by atoms with Crippen LogP contribution in [0.4, 0.5) is 0 Å². The minimum atomic E-state index is -0.750. The fraction of sp³-hybridized carbons (Fsp3) is 0.867. The average Bonchev–Trinajstić information content (AvgIpc) is 2.96. The van der Waals surface area contributed by atoms with Gasteiger partial charge >= 0.3 is 5.97 Å². The van der Waals surface area contributed by atoms with E-state index >= 15 is 0 Å². The maximum absolute atomic E-state index is 12.1. The van der Waals surface area contributed by atoms with Crippen molar-refractivity contribution in [3.05, 3.63) is 0 Å². The monoisotopic (exact) mass is 282 g/mol. The van der Waals surface area contributed by atoms with Crippen LogP contribution < -0.4 is 0 Å². The number of hydrogen-bond donors (Lipinski definition) is 1. The summed E-state index contributed by atoms with van der Waals surface area (Å²) in [6, 6.07) is 0. The first kappa shape index (κ1) is 15.3. The molecule has 0 spiro atoms. The lowest BCUT2D eigenvalue weighted by atomic mass is 10.0. The standard InChI is InChI=1S/C15H26N2O3/c18-14(6-5-13-3-1-2-4-13)17-11-9-16(10-12-17)8-7-15(19)20/h13H,1-12H2,(H,19,20). The second-order valence-corrected chi connectivity index (χ2v) is 6.06. The molecule has 1 heterocycles. The Labute approximate surface area is 120 Å². The summed E-state index contributed by atoms with van der Waals surface area (Å²) < 4.78 is 0. The molecule has 0 unspecified atom stereocenters. The largest absolute Gasteiger partial charge is 0.481 e. The molecule has 1 amide bonds. The highest BCUT2D eigenvalue weighted by Crippen LogP contribution is 2.28. The summed E-state index contributed by atoms with van der Waals surface area (Å²) in [5, 5.41) is 8.67. The lowest BCUT2D eigenvalue weighted by Gasteiger charge is -2.34. The number of amides is 1. The van der Waals surface area contributed by atoms with Crippen LogP contribution in [0.3, 0.4) is 0 Å². The third kappa shape index (κ3) is 4.78. The summed E-state index contributed by atoms with van der Waals surface area (Å²) in [6.45, 7) is 3.72. The quantitative estimate of drug-likeness (QED) is 0.803. The van der Waals surface area contributed by atoms with E-state index in [0.29, 0.717) is 13.0 Å². The average molecular weight is 282 g/mol. The Bertz CT molecular complexity index is 332. The highest BCUT2D eigenvalue weighted by molar-refractivity contribution is 5.76. The van der Waals surface area contributed by atoms with Crippen LogP contribution in [-0.4, -0.2) is 59.5 Å². The van der Waals surface area contributed by atoms with Crippen LogP contribution in [0.5, 0.6) is 0 Å². The van der Waals surface area contributed by atoms with Gasteiger partial charge in [0, 0.05) is 39.1 Å². The van der Waals surface area contributed by atoms with Crippen molar-refractivity contribution in [3.63, 3.8) is 0 Å². The lowest BCUT2D eigenvalue weighted by Crippen LogP contribution is -2.49. The molecule has 0 aromatic heterocycles. The molecule has 20 heavy (non-hydrogen) atoms. The molecule has 2 fully saturated rings. The predicted octanol–water partition coefficient (Wildman–Crippen LogP) is 1.58. The van der Waals surface area contributed by atoms with Gasteiger partial charge in [0.15, 0.2) is 0 Å². The first-order chi connectivity index (χ1) is 9.65. The van der Waals surface area contributed by atoms with Crippen LogP contribution in [-0.2, 0) is 9.59 Å². The van der Waals surface area contributed by atoms with Crippen LogP contribution in [0, 0.1) is 5.92 Å². The zero-order valence-electron chi connectivity index (χ0n) is 12.2. The lowest BCUT2D eigenvalue weighted by molar-refractivity contribution is -0.138. The van der Waals surface area contributed by atoms with Crippen molar-refractivity contribution < 1.29 is 14.7 Å². The number of aliphatic carboxylic acids is 1. The molecule has 0 aromatic carbocycles. The molecule has 5 nitrogen and oxygen atoms in total. The van der Waals surface area contributed by atoms with Crippen LogP contribution in [0.1, 0.15) is 44.9 Å². The number of hydrogen-bond acceptors (Lipinski definition) is 3. The summed E-state index contributed by atoms with van der Waals surface area (Å²) in [5.74, 6) is 0.311. The first-order valence-electron chi connectivity index (χ1n) is 7.87. The van der Waals surface area contributed by atoms with Crippen LogP contribution in [0.2, 0.25) is 0 Å². The maximum atomic E-state index is 12.1. The molecule has 2 aliphatic rings. The Balaban J connectivity index is 1.62. The van der Waals surface area contributed by atoms with Gasteiger partial charge in [-0.1, -0.05) is 25.7 Å². The second-order valence-electron chi connectivity index (χ2n) is 6.06. The molecule has 2 rings (SSSR count). The molecule has 1 aliphatic heterocycles. The number of nitrogens with zero attached hydrogens (tertiary/aromatic N) is 2. The number of piperazine rings is 1. The fourth-order valence-electron chi connectivity index (χ4n) is 3.26. The normalized spacial score (nSPS) is 21.3. The van der Waals surface area contributed by atoms with Crippen LogP contribution in [0.15, 0.2) is 0 Å². The Morgan fingerprint density at radius 1 is 1.00 bits per heavy atom. The van der Waals surface area contributed by atoms with E-state index in [9.17, 15) is 9.59 Å². The molecule has 0 aromatic rings. The molecule has 1 aliphatic carbocycles. The van der Waals surface area contributed by atoms with Gasteiger partial charge in [0.05, 0.1) is 6.42 Å². The summed E-state index contributed by atoms with van der Waals surface area (Å²) in [4.78, 5) is 26.8.